The molecule has 1 aliphatic rings. The minimum Gasteiger partial charge on any atom is -0.448 e. The molecule has 0 atom stereocenters. The zero-order valence-corrected chi connectivity index (χ0v) is 11.3. The van der Waals surface area contributed by atoms with Gasteiger partial charge in [0.2, 0.25) is 0 Å². The summed E-state index contributed by atoms with van der Waals surface area (Å²) in [6.45, 7) is 2.08. The van der Waals surface area contributed by atoms with E-state index in [-0.39, 0.29) is 0 Å². The fourth-order valence-electron chi connectivity index (χ4n) is 2.02. The average molecular weight is 292 g/mol. The summed E-state index contributed by atoms with van der Waals surface area (Å²) in [5, 5.41) is 0. The standard InChI is InChI=1S/C14H14BrNO/c1-9-5-6-11(7-12(9)15)13-8-17-14(16-13)10-3-2-4-10/h5-8,10H,2-4H2,1H3. The molecule has 0 unspecified atom stereocenters. The Balaban J connectivity index is 1.92. The van der Waals surface area contributed by atoms with Crippen LogP contribution in [0.15, 0.2) is 33.4 Å². The molecule has 2 nitrogen and oxygen atoms in total. The second-order valence-corrected chi connectivity index (χ2v) is 5.52. The molecule has 1 heterocycles. The first-order valence-corrected chi connectivity index (χ1v) is 6.75. The van der Waals surface area contributed by atoms with Gasteiger partial charge in [-0.2, -0.15) is 0 Å². The average Bonchev–Trinajstić information content (AvgIpc) is 2.69. The van der Waals surface area contributed by atoms with Crippen molar-refractivity contribution in [1.82, 2.24) is 4.98 Å². The van der Waals surface area contributed by atoms with E-state index in [1.165, 1.54) is 24.8 Å². The number of rotatable bonds is 2. The zero-order valence-electron chi connectivity index (χ0n) is 9.74. The molecule has 3 heteroatoms. The van der Waals surface area contributed by atoms with Crippen LogP contribution >= 0.6 is 15.9 Å². The van der Waals surface area contributed by atoms with E-state index in [0.29, 0.717) is 5.92 Å². The van der Waals surface area contributed by atoms with Gasteiger partial charge < -0.3 is 4.42 Å². The van der Waals surface area contributed by atoms with Crippen LogP contribution in [0.1, 0.15) is 36.6 Å². The molecule has 1 aromatic heterocycles. The Morgan fingerprint density at radius 1 is 1.35 bits per heavy atom. The fourth-order valence-corrected chi connectivity index (χ4v) is 2.39. The maximum absolute atomic E-state index is 5.57. The largest absolute Gasteiger partial charge is 0.448 e. The molecule has 17 heavy (non-hydrogen) atoms. The van der Waals surface area contributed by atoms with Crippen molar-refractivity contribution in [3.63, 3.8) is 0 Å². The number of oxazole rings is 1. The highest BCUT2D eigenvalue weighted by atomic mass is 79.9. The van der Waals surface area contributed by atoms with Gasteiger partial charge >= 0.3 is 0 Å². The third kappa shape index (κ3) is 2.04. The van der Waals surface area contributed by atoms with Gasteiger partial charge in [0.1, 0.15) is 12.0 Å². The van der Waals surface area contributed by atoms with Crippen molar-refractivity contribution in [3.05, 3.63) is 40.4 Å². The molecule has 0 aliphatic heterocycles. The van der Waals surface area contributed by atoms with Crippen molar-refractivity contribution in [2.45, 2.75) is 32.1 Å². The van der Waals surface area contributed by atoms with Crippen molar-refractivity contribution in [2.24, 2.45) is 0 Å². The molecule has 88 valence electrons. The third-order valence-corrected chi connectivity index (χ3v) is 4.30. The highest BCUT2D eigenvalue weighted by Gasteiger charge is 2.24. The lowest BCUT2D eigenvalue weighted by atomic mass is 9.85. The lowest BCUT2D eigenvalue weighted by Crippen LogP contribution is -2.08. The number of benzene rings is 1. The monoisotopic (exact) mass is 291 g/mol. The first-order chi connectivity index (χ1) is 8.24. The van der Waals surface area contributed by atoms with Crippen LogP contribution in [0, 0.1) is 6.92 Å². The molecule has 2 aromatic rings. The van der Waals surface area contributed by atoms with Crippen molar-refractivity contribution < 1.29 is 4.42 Å². The number of hydrogen-bond acceptors (Lipinski definition) is 2. The third-order valence-electron chi connectivity index (χ3n) is 3.44. The van der Waals surface area contributed by atoms with Crippen LogP contribution in [0.2, 0.25) is 0 Å². The van der Waals surface area contributed by atoms with Gasteiger partial charge in [-0.15, -0.1) is 0 Å². The Kier molecular flexibility index (Phi) is 2.79. The van der Waals surface area contributed by atoms with E-state index in [4.69, 9.17) is 4.42 Å². The maximum atomic E-state index is 5.57. The van der Waals surface area contributed by atoms with E-state index in [1.807, 2.05) is 0 Å². The van der Waals surface area contributed by atoms with E-state index in [1.54, 1.807) is 6.26 Å². The summed E-state index contributed by atoms with van der Waals surface area (Å²) in [5.41, 5.74) is 3.28. The van der Waals surface area contributed by atoms with Crippen LogP contribution in [-0.4, -0.2) is 4.98 Å². The molecule has 0 bridgehead atoms. The lowest BCUT2D eigenvalue weighted by molar-refractivity contribution is 0.335. The van der Waals surface area contributed by atoms with Gasteiger partial charge in [0.05, 0.1) is 0 Å². The van der Waals surface area contributed by atoms with Crippen LogP contribution in [0.4, 0.5) is 0 Å². The SMILES string of the molecule is Cc1ccc(-c2coc(C3CCC3)n2)cc1Br. The van der Waals surface area contributed by atoms with Crippen molar-refractivity contribution >= 4 is 15.9 Å². The van der Waals surface area contributed by atoms with E-state index in [2.05, 4.69) is 46.0 Å². The van der Waals surface area contributed by atoms with Crippen LogP contribution in [0.25, 0.3) is 11.3 Å². The van der Waals surface area contributed by atoms with Crippen molar-refractivity contribution in [2.75, 3.05) is 0 Å². The predicted molar refractivity (Wildman–Crippen MR) is 71.0 cm³/mol. The Bertz CT molecular complexity index is 543. The smallest absolute Gasteiger partial charge is 0.197 e. The molecule has 0 radical (unpaired) electrons. The van der Waals surface area contributed by atoms with Gasteiger partial charge in [-0.05, 0) is 31.4 Å². The Labute approximate surface area is 109 Å². The summed E-state index contributed by atoms with van der Waals surface area (Å²) in [5.74, 6) is 1.46. The van der Waals surface area contributed by atoms with Gasteiger partial charge in [-0.25, -0.2) is 4.98 Å². The van der Waals surface area contributed by atoms with Gasteiger partial charge in [-0.1, -0.05) is 34.5 Å². The molecular formula is C14H14BrNO. The molecule has 1 saturated carbocycles. The predicted octanol–water partition coefficient (Wildman–Crippen LogP) is 4.68. The molecule has 1 aliphatic carbocycles. The number of aromatic nitrogens is 1. The second-order valence-electron chi connectivity index (χ2n) is 4.66. The molecular weight excluding hydrogens is 278 g/mol. The van der Waals surface area contributed by atoms with Gasteiger partial charge in [-0.3, -0.25) is 0 Å². The summed E-state index contributed by atoms with van der Waals surface area (Å²) in [6, 6.07) is 6.28. The summed E-state index contributed by atoms with van der Waals surface area (Å²) in [6.07, 6.45) is 5.51. The van der Waals surface area contributed by atoms with Crippen LogP contribution in [0.3, 0.4) is 0 Å². The Morgan fingerprint density at radius 3 is 2.82 bits per heavy atom. The molecule has 3 rings (SSSR count). The summed E-state index contributed by atoms with van der Waals surface area (Å²) in [4.78, 5) is 4.59. The van der Waals surface area contributed by atoms with E-state index < -0.39 is 0 Å². The molecule has 0 amide bonds. The number of nitrogens with zero attached hydrogens (tertiary/aromatic N) is 1. The Hall–Kier alpha value is -1.09. The first-order valence-electron chi connectivity index (χ1n) is 5.96. The highest BCUT2D eigenvalue weighted by molar-refractivity contribution is 9.10. The molecule has 1 fully saturated rings. The van der Waals surface area contributed by atoms with Gasteiger partial charge in [0.15, 0.2) is 5.89 Å². The first kappa shape index (κ1) is 11.0. The number of hydrogen-bond donors (Lipinski definition) is 0. The molecule has 0 N–H and O–H groups in total. The normalized spacial score (nSPS) is 15.9. The van der Waals surface area contributed by atoms with E-state index in [9.17, 15) is 0 Å². The Morgan fingerprint density at radius 2 is 2.18 bits per heavy atom. The van der Waals surface area contributed by atoms with Gasteiger partial charge in [0.25, 0.3) is 0 Å². The summed E-state index contributed by atoms with van der Waals surface area (Å²) in [7, 11) is 0. The minimum absolute atomic E-state index is 0.553. The fraction of sp³-hybridized carbons (Fsp3) is 0.357. The molecule has 0 saturated heterocycles. The molecule has 0 spiro atoms. The quantitative estimate of drug-likeness (QED) is 0.803. The van der Waals surface area contributed by atoms with Crippen LogP contribution in [0.5, 0.6) is 0 Å². The van der Waals surface area contributed by atoms with E-state index >= 15 is 0 Å². The van der Waals surface area contributed by atoms with Crippen molar-refractivity contribution in [3.8, 4) is 11.3 Å². The summed E-state index contributed by atoms with van der Waals surface area (Å²) < 4.78 is 6.68. The van der Waals surface area contributed by atoms with E-state index in [0.717, 1.165) is 21.6 Å². The van der Waals surface area contributed by atoms with Gasteiger partial charge in [0, 0.05) is 16.0 Å². The maximum Gasteiger partial charge on any atom is 0.197 e. The number of aryl methyl sites for hydroxylation is 1. The molecule has 1 aromatic carbocycles. The minimum atomic E-state index is 0.553. The van der Waals surface area contributed by atoms with Crippen LogP contribution < -0.4 is 0 Å². The lowest BCUT2D eigenvalue weighted by Gasteiger charge is -2.21. The topological polar surface area (TPSA) is 26.0 Å². The zero-order chi connectivity index (χ0) is 11.8. The summed E-state index contributed by atoms with van der Waals surface area (Å²) >= 11 is 3.55. The second kappa shape index (κ2) is 4.30. The van der Waals surface area contributed by atoms with Crippen LogP contribution in [-0.2, 0) is 0 Å². The highest BCUT2D eigenvalue weighted by Crippen LogP contribution is 2.37. The number of halogens is 1. The van der Waals surface area contributed by atoms with Crippen molar-refractivity contribution in [1.29, 1.82) is 0 Å².